The van der Waals surface area contributed by atoms with Gasteiger partial charge in [-0.2, -0.15) is 0 Å². The largest absolute Gasteiger partial charge is 0.330 e. The average molecular weight is 274 g/mol. The smallest absolute Gasteiger partial charge is 0.0285 e. The zero-order chi connectivity index (χ0) is 10.0. The average Bonchev–Trinajstić information content (AvgIpc) is 2.66. The minimum absolute atomic E-state index is 0.301. The van der Waals surface area contributed by atoms with Gasteiger partial charge in [-0.3, -0.25) is 0 Å². The topological polar surface area (TPSA) is 26.0 Å². The van der Waals surface area contributed by atoms with Gasteiger partial charge in [0.05, 0.1) is 0 Å². The van der Waals surface area contributed by atoms with Gasteiger partial charge < -0.3 is 5.73 Å². The molecule has 2 N–H and O–H groups in total. The highest BCUT2D eigenvalue weighted by atomic mass is 79.9. The third-order valence-electron chi connectivity index (χ3n) is 3.29. The summed E-state index contributed by atoms with van der Waals surface area (Å²) in [6, 6.07) is 2.25. The molecule has 14 heavy (non-hydrogen) atoms. The molecular formula is C11H16BrNS. The molecule has 1 aliphatic rings. The Morgan fingerprint density at radius 1 is 1.36 bits per heavy atom. The van der Waals surface area contributed by atoms with Crippen molar-refractivity contribution in [1.29, 1.82) is 0 Å². The lowest BCUT2D eigenvalue weighted by Gasteiger charge is -2.35. The molecule has 0 aliphatic heterocycles. The molecule has 0 amide bonds. The van der Waals surface area contributed by atoms with E-state index in [-0.39, 0.29) is 0 Å². The summed E-state index contributed by atoms with van der Waals surface area (Å²) in [6.07, 6.45) is 6.61. The maximum Gasteiger partial charge on any atom is 0.0285 e. The summed E-state index contributed by atoms with van der Waals surface area (Å²) in [4.78, 5) is 1.48. The van der Waals surface area contributed by atoms with Crippen molar-refractivity contribution in [1.82, 2.24) is 0 Å². The molecule has 1 saturated carbocycles. The minimum Gasteiger partial charge on any atom is -0.330 e. The maximum atomic E-state index is 5.97. The van der Waals surface area contributed by atoms with E-state index in [2.05, 4.69) is 27.4 Å². The molecule has 0 aromatic carbocycles. The van der Waals surface area contributed by atoms with E-state index in [1.807, 2.05) is 11.3 Å². The second-order valence-electron chi connectivity index (χ2n) is 4.17. The van der Waals surface area contributed by atoms with Crippen molar-refractivity contribution in [3.8, 4) is 0 Å². The van der Waals surface area contributed by atoms with Crippen molar-refractivity contribution in [2.75, 3.05) is 6.54 Å². The molecule has 1 aromatic heterocycles. The molecule has 78 valence electrons. The zero-order valence-corrected chi connectivity index (χ0v) is 10.7. The Labute approximate surface area is 97.8 Å². The summed E-state index contributed by atoms with van der Waals surface area (Å²) in [5.74, 6) is 0. The fourth-order valence-corrected chi connectivity index (χ4v) is 4.07. The fraction of sp³-hybridized carbons (Fsp3) is 0.636. The molecule has 0 unspecified atom stereocenters. The lowest BCUT2D eigenvalue weighted by Crippen LogP contribution is -2.36. The van der Waals surface area contributed by atoms with Crippen LogP contribution in [0.5, 0.6) is 0 Å². The summed E-state index contributed by atoms with van der Waals surface area (Å²) >= 11 is 5.37. The molecule has 1 aromatic rings. The number of hydrogen-bond acceptors (Lipinski definition) is 2. The van der Waals surface area contributed by atoms with Gasteiger partial charge >= 0.3 is 0 Å². The fourth-order valence-electron chi connectivity index (χ4n) is 2.37. The van der Waals surface area contributed by atoms with Gasteiger partial charge in [0.15, 0.2) is 0 Å². The highest BCUT2D eigenvalue weighted by molar-refractivity contribution is 9.10. The van der Waals surface area contributed by atoms with Crippen LogP contribution in [0.4, 0.5) is 0 Å². The molecule has 1 fully saturated rings. The maximum absolute atomic E-state index is 5.97. The second kappa shape index (κ2) is 4.33. The van der Waals surface area contributed by atoms with Gasteiger partial charge in [0, 0.05) is 26.7 Å². The number of halogens is 1. The highest BCUT2D eigenvalue weighted by Gasteiger charge is 2.33. The number of nitrogens with two attached hydrogens (primary N) is 1. The second-order valence-corrected chi connectivity index (χ2v) is 6.00. The van der Waals surface area contributed by atoms with E-state index in [4.69, 9.17) is 5.73 Å². The molecule has 3 heteroatoms. The van der Waals surface area contributed by atoms with E-state index in [0.29, 0.717) is 5.41 Å². The lowest BCUT2D eigenvalue weighted by atomic mass is 9.73. The molecule has 0 bridgehead atoms. The van der Waals surface area contributed by atoms with Crippen LogP contribution in [0.15, 0.2) is 15.9 Å². The van der Waals surface area contributed by atoms with Crippen molar-refractivity contribution in [2.24, 2.45) is 5.73 Å². The first-order valence-electron chi connectivity index (χ1n) is 5.21. The van der Waals surface area contributed by atoms with Crippen LogP contribution in [0.25, 0.3) is 0 Å². The summed E-state index contributed by atoms with van der Waals surface area (Å²) in [7, 11) is 0. The Morgan fingerprint density at radius 3 is 2.57 bits per heavy atom. The molecule has 0 saturated heterocycles. The molecule has 1 nitrogen and oxygen atoms in total. The number of rotatable bonds is 2. The summed E-state index contributed by atoms with van der Waals surface area (Å²) in [5, 5.41) is 2.17. The van der Waals surface area contributed by atoms with Crippen molar-refractivity contribution in [3.63, 3.8) is 0 Å². The predicted molar refractivity (Wildman–Crippen MR) is 65.8 cm³/mol. The van der Waals surface area contributed by atoms with Gasteiger partial charge in [-0.15, -0.1) is 11.3 Å². The summed E-state index contributed by atoms with van der Waals surface area (Å²) < 4.78 is 1.20. The Hall–Kier alpha value is 0.140. The minimum atomic E-state index is 0.301. The van der Waals surface area contributed by atoms with Gasteiger partial charge in [-0.1, -0.05) is 19.3 Å². The van der Waals surface area contributed by atoms with Gasteiger partial charge in [0.2, 0.25) is 0 Å². The van der Waals surface area contributed by atoms with E-state index >= 15 is 0 Å². The Kier molecular flexibility index (Phi) is 3.30. The monoisotopic (exact) mass is 273 g/mol. The van der Waals surface area contributed by atoms with E-state index in [9.17, 15) is 0 Å². The lowest BCUT2D eigenvalue weighted by molar-refractivity contribution is 0.306. The summed E-state index contributed by atoms with van der Waals surface area (Å²) in [5.41, 5.74) is 6.27. The van der Waals surface area contributed by atoms with Crippen LogP contribution in [0, 0.1) is 0 Å². The third kappa shape index (κ3) is 1.90. The van der Waals surface area contributed by atoms with Crippen LogP contribution >= 0.6 is 27.3 Å². The SMILES string of the molecule is NCC1(c2cc(Br)cs2)CCCCC1. The first kappa shape index (κ1) is 10.7. The van der Waals surface area contributed by atoms with Crippen LogP contribution in [0.1, 0.15) is 37.0 Å². The molecular weight excluding hydrogens is 258 g/mol. The van der Waals surface area contributed by atoms with E-state index < -0.39 is 0 Å². The number of thiophene rings is 1. The van der Waals surface area contributed by atoms with Crippen LogP contribution in [-0.4, -0.2) is 6.54 Å². The molecule has 0 spiro atoms. The first-order valence-corrected chi connectivity index (χ1v) is 6.89. The Morgan fingerprint density at radius 2 is 2.07 bits per heavy atom. The molecule has 1 heterocycles. The standard InChI is InChI=1S/C11H16BrNS/c12-9-6-10(14-7-9)11(8-13)4-2-1-3-5-11/h6-7H,1-5,8,13H2. The third-order valence-corrected chi connectivity index (χ3v) is 5.23. The molecule has 2 rings (SSSR count). The quantitative estimate of drug-likeness (QED) is 0.874. The van der Waals surface area contributed by atoms with Crippen LogP contribution in [0.2, 0.25) is 0 Å². The van der Waals surface area contributed by atoms with Gasteiger partial charge in [-0.05, 0) is 34.8 Å². The van der Waals surface area contributed by atoms with E-state index in [0.717, 1.165) is 6.54 Å². The van der Waals surface area contributed by atoms with Crippen molar-refractivity contribution in [2.45, 2.75) is 37.5 Å². The van der Waals surface area contributed by atoms with Gasteiger partial charge in [-0.25, -0.2) is 0 Å². The van der Waals surface area contributed by atoms with Crippen molar-refractivity contribution in [3.05, 3.63) is 20.8 Å². The van der Waals surface area contributed by atoms with Gasteiger partial charge in [0.25, 0.3) is 0 Å². The Balaban J connectivity index is 2.26. The van der Waals surface area contributed by atoms with Crippen LogP contribution < -0.4 is 5.73 Å². The van der Waals surface area contributed by atoms with Crippen LogP contribution in [0.3, 0.4) is 0 Å². The Bertz CT molecular complexity index is 302. The van der Waals surface area contributed by atoms with Crippen molar-refractivity contribution < 1.29 is 0 Å². The van der Waals surface area contributed by atoms with E-state index in [1.54, 1.807) is 0 Å². The highest BCUT2D eigenvalue weighted by Crippen LogP contribution is 2.42. The number of hydrogen-bond donors (Lipinski definition) is 1. The molecule has 1 aliphatic carbocycles. The normalized spacial score (nSPS) is 21.0. The molecule has 0 radical (unpaired) electrons. The predicted octanol–water partition coefficient (Wildman–Crippen LogP) is 3.67. The molecule has 0 atom stereocenters. The van der Waals surface area contributed by atoms with Crippen molar-refractivity contribution >= 4 is 27.3 Å². The summed E-state index contributed by atoms with van der Waals surface area (Å²) in [6.45, 7) is 0.806. The van der Waals surface area contributed by atoms with Gasteiger partial charge in [0.1, 0.15) is 0 Å². The van der Waals surface area contributed by atoms with Crippen LogP contribution in [-0.2, 0) is 5.41 Å². The van der Waals surface area contributed by atoms with E-state index in [1.165, 1.54) is 41.5 Å². The first-order chi connectivity index (χ1) is 6.77. The zero-order valence-electron chi connectivity index (χ0n) is 8.26.